The quantitative estimate of drug-likeness (QED) is 0.478. The first-order valence-corrected chi connectivity index (χ1v) is 5.11. The summed E-state index contributed by atoms with van der Waals surface area (Å²) in [5.74, 6) is -1.80. The average molecular weight is 294 g/mol. The molecule has 0 fully saturated rings. The number of hydrogen-bond acceptors (Lipinski definition) is 6. The Hall–Kier alpha value is -2.39. The third kappa shape index (κ3) is 3.80. The number of methoxy groups -OCH3 is 1. The minimum atomic E-state index is -5.06. The molecule has 0 aromatic carbocycles. The highest BCUT2D eigenvalue weighted by Crippen LogP contribution is 2.34. The minimum Gasteiger partial charge on any atom is -0.469 e. The summed E-state index contributed by atoms with van der Waals surface area (Å²) in [5, 5.41) is 10.8. The number of carbonyl (C=O) groups is 1. The van der Waals surface area contributed by atoms with Crippen LogP contribution in [-0.2, 0) is 16.0 Å². The third-order valence-electron chi connectivity index (χ3n) is 2.26. The molecule has 0 N–H and O–H groups in total. The maximum absolute atomic E-state index is 12.3. The van der Waals surface area contributed by atoms with Gasteiger partial charge >= 0.3 is 12.3 Å². The molecule has 0 aliphatic carbocycles. The number of nitrogens with zero attached hydrogens (tertiary/aromatic N) is 2. The zero-order valence-electron chi connectivity index (χ0n) is 10.4. The van der Waals surface area contributed by atoms with Gasteiger partial charge in [-0.15, -0.1) is 13.2 Å². The Kier molecular flexibility index (Phi) is 4.48. The first kappa shape index (κ1) is 15.7. The summed E-state index contributed by atoms with van der Waals surface area (Å²) in [7, 11) is 1.01. The van der Waals surface area contributed by atoms with Crippen LogP contribution in [0.4, 0.5) is 18.9 Å². The Labute approximate surface area is 110 Å². The van der Waals surface area contributed by atoms with Crippen LogP contribution >= 0.6 is 0 Å². The van der Waals surface area contributed by atoms with Crippen molar-refractivity contribution in [2.45, 2.75) is 19.7 Å². The fourth-order valence-electron chi connectivity index (χ4n) is 1.43. The van der Waals surface area contributed by atoms with Crippen LogP contribution in [0.3, 0.4) is 0 Å². The van der Waals surface area contributed by atoms with Crippen LogP contribution in [0.2, 0.25) is 0 Å². The molecule has 1 aromatic rings. The Bertz CT molecular complexity index is 544. The highest BCUT2D eigenvalue weighted by Gasteiger charge is 2.35. The van der Waals surface area contributed by atoms with E-state index in [1.54, 1.807) is 0 Å². The Morgan fingerprint density at radius 3 is 2.55 bits per heavy atom. The van der Waals surface area contributed by atoms with Crippen LogP contribution < -0.4 is 4.74 Å². The van der Waals surface area contributed by atoms with Crippen LogP contribution in [0.15, 0.2) is 6.20 Å². The predicted molar refractivity (Wildman–Crippen MR) is 58.0 cm³/mol. The third-order valence-corrected chi connectivity index (χ3v) is 2.26. The lowest BCUT2D eigenvalue weighted by Crippen LogP contribution is -2.20. The van der Waals surface area contributed by atoms with E-state index in [4.69, 9.17) is 0 Å². The molecule has 0 bridgehead atoms. The fraction of sp³-hybridized carbons (Fsp3) is 0.400. The number of pyridine rings is 1. The molecular formula is C10H9F3N2O5. The number of aryl methyl sites for hydroxylation is 1. The van der Waals surface area contributed by atoms with E-state index in [2.05, 4.69) is 14.5 Å². The zero-order chi connectivity index (χ0) is 15.5. The van der Waals surface area contributed by atoms with Crippen molar-refractivity contribution in [3.05, 3.63) is 27.6 Å². The second-order valence-electron chi connectivity index (χ2n) is 3.59. The second-order valence-corrected chi connectivity index (χ2v) is 3.59. The average Bonchev–Trinajstić information content (AvgIpc) is 2.31. The van der Waals surface area contributed by atoms with Gasteiger partial charge in [0, 0.05) is 0 Å². The molecule has 0 amide bonds. The van der Waals surface area contributed by atoms with Crippen LogP contribution in [0.25, 0.3) is 0 Å². The first-order chi connectivity index (χ1) is 9.15. The van der Waals surface area contributed by atoms with E-state index in [9.17, 15) is 28.1 Å². The van der Waals surface area contributed by atoms with Crippen molar-refractivity contribution in [1.29, 1.82) is 0 Å². The lowest BCUT2D eigenvalue weighted by atomic mass is 10.1. The number of aromatic nitrogens is 1. The van der Waals surface area contributed by atoms with Crippen LogP contribution in [0.1, 0.15) is 11.3 Å². The van der Waals surface area contributed by atoms with Gasteiger partial charge in [0.2, 0.25) is 0 Å². The fourth-order valence-corrected chi connectivity index (χ4v) is 1.43. The van der Waals surface area contributed by atoms with Crippen molar-refractivity contribution < 1.29 is 32.4 Å². The van der Waals surface area contributed by atoms with E-state index in [-0.39, 0.29) is 5.69 Å². The van der Waals surface area contributed by atoms with E-state index in [0.717, 1.165) is 13.3 Å². The molecule has 110 valence electrons. The largest absolute Gasteiger partial charge is 0.573 e. The summed E-state index contributed by atoms with van der Waals surface area (Å²) in [6, 6.07) is 0. The van der Waals surface area contributed by atoms with Crippen LogP contribution in [0.5, 0.6) is 5.75 Å². The normalized spacial score (nSPS) is 11.1. The predicted octanol–water partition coefficient (Wildman–Crippen LogP) is 1.91. The van der Waals surface area contributed by atoms with Crippen molar-refractivity contribution in [2.75, 3.05) is 7.11 Å². The Balaban J connectivity index is 3.41. The standard InChI is InChI=1S/C10H9F3N2O5/c1-5-9(20-10(11,12)13)6(3-8(16)19-2)7(4-14-5)15(17)18/h4H,3H2,1-2H3. The summed E-state index contributed by atoms with van der Waals surface area (Å²) in [5.41, 5.74) is -1.52. The van der Waals surface area contributed by atoms with Crippen LogP contribution in [-0.4, -0.2) is 29.3 Å². The molecule has 1 heterocycles. The molecule has 0 atom stereocenters. The van der Waals surface area contributed by atoms with Gasteiger partial charge in [-0.25, -0.2) is 0 Å². The van der Waals surface area contributed by atoms with Crippen molar-refractivity contribution >= 4 is 11.7 Å². The molecule has 0 radical (unpaired) electrons. The smallest absolute Gasteiger partial charge is 0.469 e. The van der Waals surface area contributed by atoms with Gasteiger partial charge < -0.3 is 9.47 Å². The van der Waals surface area contributed by atoms with Crippen molar-refractivity contribution in [2.24, 2.45) is 0 Å². The topological polar surface area (TPSA) is 91.6 Å². The van der Waals surface area contributed by atoms with Crippen LogP contribution in [0, 0.1) is 17.0 Å². The molecule has 0 spiro atoms. The molecule has 7 nitrogen and oxygen atoms in total. The van der Waals surface area contributed by atoms with E-state index < -0.39 is 40.7 Å². The van der Waals surface area contributed by atoms with Gasteiger partial charge in [-0.2, -0.15) is 0 Å². The number of halogens is 3. The Morgan fingerprint density at radius 1 is 1.50 bits per heavy atom. The van der Waals surface area contributed by atoms with E-state index >= 15 is 0 Å². The molecule has 20 heavy (non-hydrogen) atoms. The number of alkyl halides is 3. The van der Waals surface area contributed by atoms with Gasteiger partial charge in [0.1, 0.15) is 6.20 Å². The molecule has 0 aliphatic rings. The number of hydrogen-bond donors (Lipinski definition) is 0. The number of carbonyl (C=O) groups excluding carboxylic acids is 1. The lowest BCUT2D eigenvalue weighted by molar-refractivity contribution is -0.386. The van der Waals surface area contributed by atoms with Gasteiger partial charge in [0.25, 0.3) is 5.69 Å². The number of ether oxygens (including phenoxy) is 2. The summed E-state index contributed by atoms with van der Waals surface area (Å²) in [6.07, 6.45) is -5.04. The van der Waals surface area contributed by atoms with Gasteiger partial charge in [-0.3, -0.25) is 19.9 Å². The molecule has 10 heteroatoms. The van der Waals surface area contributed by atoms with Crippen molar-refractivity contribution in [3.8, 4) is 5.75 Å². The summed E-state index contributed by atoms with van der Waals surface area (Å²) >= 11 is 0. The van der Waals surface area contributed by atoms with Gasteiger partial charge in [0.15, 0.2) is 5.75 Å². The molecule has 1 aromatic heterocycles. The highest BCUT2D eigenvalue weighted by molar-refractivity contribution is 5.75. The van der Waals surface area contributed by atoms with Gasteiger partial charge in [-0.1, -0.05) is 0 Å². The number of nitro groups is 1. The molecule has 0 saturated heterocycles. The summed E-state index contributed by atoms with van der Waals surface area (Å²) in [6.45, 7) is 1.17. The van der Waals surface area contributed by atoms with Gasteiger partial charge in [-0.05, 0) is 6.92 Å². The van der Waals surface area contributed by atoms with Crippen molar-refractivity contribution in [1.82, 2.24) is 4.98 Å². The highest BCUT2D eigenvalue weighted by atomic mass is 19.4. The van der Waals surface area contributed by atoms with E-state index in [1.165, 1.54) is 6.92 Å². The second kappa shape index (κ2) is 5.72. The molecule has 0 unspecified atom stereocenters. The first-order valence-electron chi connectivity index (χ1n) is 5.11. The maximum Gasteiger partial charge on any atom is 0.573 e. The van der Waals surface area contributed by atoms with Crippen molar-refractivity contribution in [3.63, 3.8) is 0 Å². The zero-order valence-corrected chi connectivity index (χ0v) is 10.4. The van der Waals surface area contributed by atoms with E-state index in [0.29, 0.717) is 0 Å². The summed E-state index contributed by atoms with van der Waals surface area (Å²) < 4.78 is 45.0. The molecule has 1 rings (SSSR count). The monoisotopic (exact) mass is 294 g/mol. The minimum absolute atomic E-state index is 0.230. The molecular weight excluding hydrogens is 285 g/mol. The van der Waals surface area contributed by atoms with Gasteiger partial charge in [0.05, 0.1) is 29.7 Å². The number of rotatable bonds is 4. The maximum atomic E-state index is 12.3. The number of esters is 1. The Morgan fingerprint density at radius 2 is 2.10 bits per heavy atom. The van der Waals surface area contributed by atoms with E-state index in [1.807, 2.05) is 0 Å². The lowest BCUT2D eigenvalue weighted by Gasteiger charge is -2.14. The molecule has 0 aliphatic heterocycles. The summed E-state index contributed by atoms with van der Waals surface area (Å²) in [4.78, 5) is 24.5. The molecule has 0 saturated carbocycles. The SMILES string of the molecule is COC(=O)Cc1c([N+](=O)[O-])cnc(C)c1OC(F)(F)F.